The van der Waals surface area contributed by atoms with Gasteiger partial charge in [0.05, 0.1) is 17.3 Å². The van der Waals surface area contributed by atoms with Crippen LogP contribution in [0.3, 0.4) is 0 Å². The second-order valence-corrected chi connectivity index (χ2v) is 7.34. The standard InChI is InChI=1S/C16H19N3O5S/c1-24-10-9-18(12-15-3-2-8-17-11-15)25(22,23)13-14-4-6-16(7-5-14)19(20)21/h2-8,11H,9-10,12-13H2,1H3. The molecule has 0 amide bonds. The molecule has 0 radical (unpaired) electrons. The summed E-state index contributed by atoms with van der Waals surface area (Å²) in [6, 6.07) is 9.04. The molecular formula is C16H19N3O5S. The van der Waals surface area contributed by atoms with Gasteiger partial charge in [0.15, 0.2) is 0 Å². The molecule has 25 heavy (non-hydrogen) atoms. The molecule has 134 valence electrons. The zero-order valence-electron chi connectivity index (χ0n) is 13.7. The highest BCUT2D eigenvalue weighted by molar-refractivity contribution is 7.88. The molecule has 0 unspecified atom stereocenters. The van der Waals surface area contributed by atoms with Gasteiger partial charge in [0.2, 0.25) is 10.0 Å². The van der Waals surface area contributed by atoms with E-state index in [1.54, 1.807) is 24.5 Å². The summed E-state index contributed by atoms with van der Waals surface area (Å²) >= 11 is 0. The number of hydrogen-bond donors (Lipinski definition) is 0. The molecule has 0 N–H and O–H groups in total. The fraction of sp³-hybridized carbons (Fsp3) is 0.312. The maximum absolute atomic E-state index is 12.7. The predicted molar refractivity (Wildman–Crippen MR) is 92.2 cm³/mol. The van der Waals surface area contributed by atoms with Crippen LogP contribution >= 0.6 is 0 Å². The first-order valence-electron chi connectivity index (χ1n) is 7.51. The van der Waals surface area contributed by atoms with Gasteiger partial charge in [-0.3, -0.25) is 15.1 Å². The largest absolute Gasteiger partial charge is 0.383 e. The molecule has 0 aliphatic carbocycles. The van der Waals surface area contributed by atoms with Gasteiger partial charge in [0.1, 0.15) is 0 Å². The molecule has 0 atom stereocenters. The fourth-order valence-corrected chi connectivity index (χ4v) is 3.72. The summed E-state index contributed by atoms with van der Waals surface area (Å²) < 4.78 is 31.8. The molecule has 8 nitrogen and oxygen atoms in total. The van der Waals surface area contributed by atoms with Crippen molar-refractivity contribution in [3.8, 4) is 0 Å². The molecule has 1 aromatic carbocycles. The lowest BCUT2D eigenvalue weighted by Gasteiger charge is -2.22. The number of methoxy groups -OCH3 is 1. The third kappa shape index (κ3) is 5.59. The number of nitrogens with zero attached hydrogens (tertiary/aromatic N) is 3. The first-order chi connectivity index (χ1) is 11.9. The Labute approximate surface area is 146 Å². The quantitative estimate of drug-likeness (QED) is 0.497. The van der Waals surface area contributed by atoms with E-state index >= 15 is 0 Å². The molecular weight excluding hydrogens is 346 g/mol. The Kier molecular flexibility index (Phi) is 6.57. The zero-order valence-corrected chi connectivity index (χ0v) is 14.6. The van der Waals surface area contributed by atoms with E-state index in [1.165, 1.54) is 35.7 Å². The van der Waals surface area contributed by atoms with Crippen LogP contribution < -0.4 is 0 Å². The summed E-state index contributed by atoms with van der Waals surface area (Å²) in [5.41, 5.74) is 1.18. The van der Waals surface area contributed by atoms with E-state index in [2.05, 4.69) is 4.98 Å². The average molecular weight is 365 g/mol. The maximum atomic E-state index is 12.7. The van der Waals surface area contributed by atoms with Gasteiger partial charge in [-0.15, -0.1) is 0 Å². The summed E-state index contributed by atoms with van der Waals surface area (Å²) in [6.07, 6.45) is 3.23. The summed E-state index contributed by atoms with van der Waals surface area (Å²) in [6.45, 7) is 0.660. The Hall–Kier alpha value is -2.36. The Morgan fingerprint density at radius 3 is 2.48 bits per heavy atom. The molecule has 0 bridgehead atoms. The van der Waals surface area contributed by atoms with Gasteiger partial charge in [-0.25, -0.2) is 8.42 Å². The number of nitro groups is 1. The van der Waals surface area contributed by atoms with Gasteiger partial charge in [-0.05, 0) is 17.2 Å². The molecule has 0 aliphatic rings. The van der Waals surface area contributed by atoms with Crippen molar-refractivity contribution < 1.29 is 18.1 Å². The number of non-ortho nitro benzene ring substituents is 1. The van der Waals surface area contributed by atoms with Gasteiger partial charge in [0, 0.05) is 44.7 Å². The molecule has 0 spiro atoms. The minimum absolute atomic E-state index is 0.0762. The van der Waals surface area contributed by atoms with E-state index < -0.39 is 14.9 Å². The Morgan fingerprint density at radius 1 is 1.20 bits per heavy atom. The lowest BCUT2D eigenvalue weighted by atomic mass is 10.2. The monoisotopic (exact) mass is 365 g/mol. The number of hydrogen-bond acceptors (Lipinski definition) is 6. The average Bonchev–Trinajstić information content (AvgIpc) is 2.59. The van der Waals surface area contributed by atoms with Crippen molar-refractivity contribution >= 4 is 15.7 Å². The number of aromatic nitrogens is 1. The van der Waals surface area contributed by atoms with Crippen molar-refractivity contribution in [3.63, 3.8) is 0 Å². The zero-order chi connectivity index (χ0) is 18.3. The van der Waals surface area contributed by atoms with Crippen molar-refractivity contribution in [2.24, 2.45) is 0 Å². The van der Waals surface area contributed by atoms with Gasteiger partial charge in [0.25, 0.3) is 5.69 Å². The van der Waals surface area contributed by atoms with E-state index in [4.69, 9.17) is 4.74 Å². The number of sulfonamides is 1. The smallest absolute Gasteiger partial charge is 0.269 e. The first kappa shape index (κ1) is 19.0. The third-order valence-electron chi connectivity index (χ3n) is 3.52. The van der Waals surface area contributed by atoms with Crippen molar-refractivity contribution in [1.29, 1.82) is 0 Å². The van der Waals surface area contributed by atoms with E-state index in [0.29, 0.717) is 5.56 Å². The molecule has 1 heterocycles. The van der Waals surface area contributed by atoms with Crippen LogP contribution in [-0.2, 0) is 27.1 Å². The number of nitro benzene ring substituents is 1. The molecule has 0 saturated heterocycles. The van der Waals surface area contributed by atoms with Crippen LogP contribution in [0.25, 0.3) is 0 Å². The van der Waals surface area contributed by atoms with E-state index in [1.807, 2.05) is 0 Å². The Balaban J connectivity index is 2.17. The normalized spacial score (nSPS) is 11.6. The highest BCUT2D eigenvalue weighted by Gasteiger charge is 2.23. The number of rotatable bonds is 9. The molecule has 0 saturated carbocycles. The van der Waals surface area contributed by atoms with Crippen LogP contribution in [-0.4, -0.2) is 42.9 Å². The van der Waals surface area contributed by atoms with E-state index in [0.717, 1.165) is 5.56 Å². The molecule has 0 aliphatic heterocycles. The van der Waals surface area contributed by atoms with Crippen LogP contribution in [0, 0.1) is 10.1 Å². The molecule has 2 aromatic rings. The van der Waals surface area contributed by atoms with Crippen LogP contribution in [0.2, 0.25) is 0 Å². The number of benzene rings is 1. The Morgan fingerprint density at radius 2 is 1.92 bits per heavy atom. The minimum Gasteiger partial charge on any atom is -0.383 e. The SMILES string of the molecule is COCCN(Cc1cccnc1)S(=O)(=O)Cc1ccc([N+](=O)[O-])cc1. The van der Waals surface area contributed by atoms with Gasteiger partial charge >= 0.3 is 0 Å². The van der Waals surface area contributed by atoms with Crippen molar-refractivity contribution in [2.75, 3.05) is 20.3 Å². The first-order valence-corrected chi connectivity index (χ1v) is 9.12. The number of ether oxygens (including phenoxy) is 1. The predicted octanol–water partition coefficient (Wildman–Crippen LogP) is 1.97. The van der Waals surface area contributed by atoms with Crippen LogP contribution in [0.5, 0.6) is 0 Å². The van der Waals surface area contributed by atoms with E-state index in [-0.39, 0.29) is 31.1 Å². The second kappa shape index (κ2) is 8.65. The minimum atomic E-state index is -3.62. The summed E-state index contributed by atoms with van der Waals surface area (Å²) in [7, 11) is -2.12. The molecule has 0 fully saturated rings. The highest BCUT2D eigenvalue weighted by atomic mass is 32.2. The van der Waals surface area contributed by atoms with Crippen LogP contribution in [0.4, 0.5) is 5.69 Å². The molecule has 2 rings (SSSR count). The van der Waals surface area contributed by atoms with Gasteiger partial charge < -0.3 is 4.74 Å². The molecule has 1 aromatic heterocycles. The summed E-state index contributed by atoms with van der Waals surface area (Å²) in [5.74, 6) is -0.241. The maximum Gasteiger partial charge on any atom is 0.269 e. The summed E-state index contributed by atoms with van der Waals surface area (Å²) in [5, 5.41) is 10.7. The number of pyridine rings is 1. The molecule has 9 heteroatoms. The lowest BCUT2D eigenvalue weighted by Crippen LogP contribution is -2.34. The van der Waals surface area contributed by atoms with Gasteiger partial charge in [-0.2, -0.15) is 4.31 Å². The van der Waals surface area contributed by atoms with E-state index in [9.17, 15) is 18.5 Å². The fourth-order valence-electron chi connectivity index (χ4n) is 2.22. The summed E-state index contributed by atoms with van der Waals surface area (Å²) in [4.78, 5) is 14.2. The van der Waals surface area contributed by atoms with Crippen molar-refractivity contribution in [3.05, 3.63) is 70.0 Å². The van der Waals surface area contributed by atoms with Crippen molar-refractivity contribution in [2.45, 2.75) is 12.3 Å². The van der Waals surface area contributed by atoms with Gasteiger partial charge in [-0.1, -0.05) is 18.2 Å². The highest BCUT2D eigenvalue weighted by Crippen LogP contribution is 2.17. The third-order valence-corrected chi connectivity index (χ3v) is 5.31. The van der Waals surface area contributed by atoms with Crippen LogP contribution in [0.15, 0.2) is 48.8 Å². The topological polar surface area (TPSA) is 103 Å². The van der Waals surface area contributed by atoms with Crippen molar-refractivity contribution in [1.82, 2.24) is 9.29 Å². The Bertz CT molecular complexity index is 794. The second-order valence-electron chi connectivity index (χ2n) is 5.37. The lowest BCUT2D eigenvalue weighted by molar-refractivity contribution is -0.384. The van der Waals surface area contributed by atoms with Crippen LogP contribution in [0.1, 0.15) is 11.1 Å².